The molecule has 0 aliphatic heterocycles. The third kappa shape index (κ3) is 3.20. The van der Waals surface area contributed by atoms with Gasteiger partial charge in [-0.05, 0) is 19.1 Å². The molecule has 0 aliphatic carbocycles. The molecular formula is C16H23N3O. The van der Waals surface area contributed by atoms with E-state index in [2.05, 4.69) is 49.5 Å². The van der Waals surface area contributed by atoms with Crippen molar-refractivity contribution in [2.45, 2.75) is 33.4 Å². The first-order valence-electron chi connectivity index (χ1n) is 6.92. The van der Waals surface area contributed by atoms with E-state index in [0.29, 0.717) is 6.04 Å². The molecule has 0 unspecified atom stereocenters. The number of hydrogen-bond acceptors (Lipinski definition) is 3. The summed E-state index contributed by atoms with van der Waals surface area (Å²) in [5.41, 5.74) is 4.43. The van der Waals surface area contributed by atoms with Crippen molar-refractivity contribution in [2.75, 3.05) is 7.11 Å². The van der Waals surface area contributed by atoms with Gasteiger partial charge in [0, 0.05) is 37.0 Å². The molecule has 20 heavy (non-hydrogen) atoms. The standard InChI is InChI=1S/C16H23N3O/c1-11(2)17-9-13-10-19(4)18-16(13)14-8-12(3)6-7-15(14)20-5/h6-8,10-11,17H,9H2,1-5H3. The third-order valence-corrected chi connectivity index (χ3v) is 3.22. The zero-order valence-electron chi connectivity index (χ0n) is 12.9. The van der Waals surface area contributed by atoms with Gasteiger partial charge in [-0.25, -0.2) is 0 Å². The van der Waals surface area contributed by atoms with E-state index in [-0.39, 0.29) is 0 Å². The molecule has 2 rings (SSSR count). The Morgan fingerprint density at radius 1 is 1.35 bits per heavy atom. The van der Waals surface area contributed by atoms with Crippen LogP contribution in [0.3, 0.4) is 0 Å². The SMILES string of the molecule is COc1ccc(C)cc1-c1nn(C)cc1CNC(C)C. The van der Waals surface area contributed by atoms with Crippen LogP contribution in [0.5, 0.6) is 5.75 Å². The van der Waals surface area contributed by atoms with Crippen LogP contribution < -0.4 is 10.1 Å². The van der Waals surface area contributed by atoms with Gasteiger partial charge in [0.15, 0.2) is 0 Å². The van der Waals surface area contributed by atoms with Gasteiger partial charge in [0.05, 0.1) is 7.11 Å². The average Bonchev–Trinajstić information content (AvgIpc) is 2.77. The Hall–Kier alpha value is -1.81. The second-order valence-corrected chi connectivity index (χ2v) is 5.42. The van der Waals surface area contributed by atoms with E-state index in [4.69, 9.17) is 4.74 Å². The minimum absolute atomic E-state index is 0.447. The fourth-order valence-corrected chi connectivity index (χ4v) is 2.21. The molecule has 1 heterocycles. The summed E-state index contributed by atoms with van der Waals surface area (Å²) < 4.78 is 7.33. The average molecular weight is 273 g/mol. The van der Waals surface area contributed by atoms with Crippen LogP contribution in [0.4, 0.5) is 0 Å². The first kappa shape index (κ1) is 14.6. The maximum Gasteiger partial charge on any atom is 0.128 e. The number of rotatable bonds is 5. The molecule has 0 saturated carbocycles. The Morgan fingerprint density at radius 2 is 2.10 bits per heavy atom. The van der Waals surface area contributed by atoms with Crippen molar-refractivity contribution in [2.24, 2.45) is 7.05 Å². The van der Waals surface area contributed by atoms with Crippen molar-refractivity contribution in [3.05, 3.63) is 35.5 Å². The van der Waals surface area contributed by atoms with Crippen molar-refractivity contribution in [3.63, 3.8) is 0 Å². The highest BCUT2D eigenvalue weighted by Gasteiger charge is 2.14. The summed E-state index contributed by atoms with van der Waals surface area (Å²) in [6.45, 7) is 7.17. The lowest BCUT2D eigenvalue weighted by Gasteiger charge is -2.11. The Labute approximate surface area is 120 Å². The van der Waals surface area contributed by atoms with Crippen molar-refractivity contribution in [1.82, 2.24) is 15.1 Å². The first-order valence-corrected chi connectivity index (χ1v) is 6.92. The van der Waals surface area contributed by atoms with Crippen LogP contribution in [-0.4, -0.2) is 22.9 Å². The second-order valence-electron chi connectivity index (χ2n) is 5.42. The van der Waals surface area contributed by atoms with E-state index in [0.717, 1.165) is 23.6 Å². The molecule has 4 nitrogen and oxygen atoms in total. The fourth-order valence-electron chi connectivity index (χ4n) is 2.21. The first-order chi connectivity index (χ1) is 9.51. The quantitative estimate of drug-likeness (QED) is 0.910. The molecule has 108 valence electrons. The van der Waals surface area contributed by atoms with Crippen LogP contribution in [0.25, 0.3) is 11.3 Å². The molecule has 0 aliphatic rings. The number of ether oxygens (including phenoxy) is 1. The van der Waals surface area contributed by atoms with Crippen LogP contribution in [0, 0.1) is 6.92 Å². The maximum absolute atomic E-state index is 5.47. The molecular weight excluding hydrogens is 250 g/mol. The number of aromatic nitrogens is 2. The Morgan fingerprint density at radius 3 is 2.75 bits per heavy atom. The van der Waals surface area contributed by atoms with Gasteiger partial charge >= 0.3 is 0 Å². The van der Waals surface area contributed by atoms with Gasteiger partial charge in [-0.1, -0.05) is 25.5 Å². The number of nitrogens with one attached hydrogen (secondary N) is 1. The van der Waals surface area contributed by atoms with E-state index in [1.165, 1.54) is 11.1 Å². The fraction of sp³-hybridized carbons (Fsp3) is 0.438. The number of methoxy groups -OCH3 is 1. The van der Waals surface area contributed by atoms with Crippen molar-refractivity contribution >= 4 is 0 Å². The van der Waals surface area contributed by atoms with E-state index in [9.17, 15) is 0 Å². The van der Waals surface area contributed by atoms with Crippen LogP contribution in [0.1, 0.15) is 25.0 Å². The zero-order chi connectivity index (χ0) is 14.7. The van der Waals surface area contributed by atoms with Gasteiger partial charge in [0.25, 0.3) is 0 Å². The van der Waals surface area contributed by atoms with Gasteiger partial charge in [-0.15, -0.1) is 0 Å². The number of benzene rings is 1. The molecule has 1 aromatic carbocycles. The molecule has 0 atom stereocenters. The molecule has 1 N–H and O–H groups in total. The Bertz CT molecular complexity index is 587. The van der Waals surface area contributed by atoms with Gasteiger partial charge < -0.3 is 10.1 Å². The molecule has 0 bridgehead atoms. The maximum atomic E-state index is 5.47. The molecule has 0 amide bonds. The lowest BCUT2D eigenvalue weighted by molar-refractivity contribution is 0.416. The summed E-state index contributed by atoms with van der Waals surface area (Å²) in [5, 5.41) is 8.05. The van der Waals surface area contributed by atoms with Crippen LogP contribution >= 0.6 is 0 Å². The molecule has 1 aromatic heterocycles. The molecule has 0 fully saturated rings. The highest BCUT2D eigenvalue weighted by molar-refractivity contribution is 5.70. The Kier molecular flexibility index (Phi) is 4.45. The second kappa shape index (κ2) is 6.09. The molecule has 4 heteroatoms. The van der Waals surface area contributed by atoms with E-state index < -0.39 is 0 Å². The largest absolute Gasteiger partial charge is 0.496 e. The highest BCUT2D eigenvalue weighted by Crippen LogP contribution is 2.32. The predicted molar refractivity (Wildman–Crippen MR) is 81.9 cm³/mol. The van der Waals surface area contributed by atoms with E-state index >= 15 is 0 Å². The molecule has 0 spiro atoms. The highest BCUT2D eigenvalue weighted by atomic mass is 16.5. The normalized spacial score (nSPS) is 11.1. The molecule has 0 saturated heterocycles. The van der Waals surface area contributed by atoms with Gasteiger partial charge in [0.2, 0.25) is 0 Å². The van der Waals surface area contributed by atoms with Gasteiger partial charge in [-0.3, -0.25) is 4.68 Å². The van der Waals surface area contributed by atoms with Crippen LogP contribution in [0.2, 0.25) is 0 Å². The zero-order valence-corrected chi connectivity index (χ0v) is 12.9. The summed E-state index contributed by atoms with van der Waals surface area (Å²) >= 11 is 0. The summed E-state index contributed by atoms with van der Waals surface area (Å²) in [7, 11) is 3.65. The molecule has 0 radical (unpaired) electrons. The minimum atomic E-state index is 0.447. The number of nitrogens with zero attached hydrogens (tertiary/aromatic N) is 2. The summed E-state index contributed by atoms with van der Waals surface area (Å²) in [6, 6.07) is 6.62. The van der Waals surface area contributed by atoms with Crippen LogP contribution in [-0.2, 0) is 13.6 Å². The number of hydrogen-bond donors (Lipinski definition) is 1. The topological polar surface area (TPSA) is 39.1 Å². The number of aryl methyl sites for hydroxylation is 2. The van der Waals surface area contributed by atoms with E-state index in [1.54, 1.807) is 7.11 Å². The lowest BCUT2D eigenvalue weighted by Crippen LogP contribution is -2.21. The van der Waals surface area contributed by atoms with Crippen molar-refractivity contribution < 1.29 is 4.74 Å². The van der Waals surface area contributed by atoms with Crippen LogP contribution in [0.15, 0.2) is 24.4 Å². The lowest BCUT2D eigenvalue weighted by atomic mass is 10.0. The third-order valence-electron chi connectivity index (χ3n) is 3.22. The Balaban J connectivity index is 2.44. The minimum Gasteiger partial charge on any atom is -0.496 e. The molecule has 2 aromatic rings. The predicted octanol–water partition coefficient (Wildman–Crippen LogP) is 2.90. The van der Waals surface area contributed by atoms with E-state index in [1.807, 2.05) is 17.8 Å². The van der Waals surface area contributed by atoms with Gasteiger partial charge in [-0.2, -0.15) is 5.10 Å². The van der Waals surface area contributed by atoms with Gasteiger partial charge in [0.1, 0.15) is 11.4 Å². The van der Waals surface area contributed by atoms with Crippen molar-refractivity contribution in [3.8, 4) is 17.0 Å². The summed E-state index contributed by atoms with van der Waals surface area (Å²) in [5.74, 6) is 0.861. The summed E-state index contributed by atoms with van der Waals surface area (Å²) in [6.07, 6.45) is 2.06. The smallest absolute Gasteiger partial charge is 0.128 e. The van der Waals surface area contributed by atoms with Crippen molar-refractivity contribution in [1.29, 1.82) is 0 Å². The monoisotopic (exact) mass is 273 g/mol. The summed E-state index contributed by atoms with van der Waals surface area (Å²) in [4.78, 5) is 0.